The lowest BCUT2D eigenvalue weighted by molar-refractivity contribution is -0.141. The number of amides is 1. The monoisotopic (exact) mass is 672 g/mol. The smallest absolute Gasteiger partial charge is 0.407 e. The first-order chi connectivity index (χ1) is 18.3. The van der Waals surface area contributed by atoms with Gasteiger partial charge in [-0.3, -0.25) is 9.59 Å². The van der Waals surface area contributed by atoms with Crippen LogP contribution in [0.1, 0.15) is 85.0 Å². The van der Waals surface area contributed by atoms with Gasteiger partial charge in [-0.2, -0.15) is 25.3 Å². The van der Waals surface area contributed by atoms with Crippen molar-refractivity contribution in [2.24, 2.45) is 16.6 Å². The Labute approximate surface area is 261 Å². The number of carbonyl (C=O) groups is 3. The molecule has 1 amide bonds. The Bertz CT molecular complexity index is 756. The number of carboxylic acid groups (broad SMARTS) is 2. The van der Waals surface area contributed by atoms with E-state index in [4.69, 9.17) is 15.6 Å². The minimum Gasteiger partial charge on any atom is -0.481 e. The van der Waals surface area contributed by atoms with Gasteiger partial charge in [0.25, 0.3) is 0 Å². The van der Waals surface area contributed by atoms with E-state index in [1.165, 1.54) is 0 Å². The van der Waals surface area contributed by atoms with Crippen molar-refractivity contribution in [1.82, 2.24) is 16.0 Å². The Kier molecular flexibility index (Phi) is 19.1. The summed E-state index contributed by atoms with van der Waals surface area (Å²) in [5.74, 6) is 0.0786. The Hall–Kier alpha value is -0.730. The molecule has 2 aliphatic carbocycles. The Morgan fingerprint density at radius 1 is 0.850 bits per heavy atom. The highest BCUT2D eigenvalue weighted by Gasteiger charge is 2.38. The molecule has 236 valence electrons. The van der Waals surface area contributed by atoms with Crippen LogP contribution < -0.4 is 21.7 Å². The van der Waals surface area contributed by atoms with Crippen LogP contribution in [0, 0.1) is 10.8 Å². The number of aliphatic carboxylic acids is 2. The van der Waals surface area contributed by atoms with Crippen LogP contribution in [-0.4, -0.2) is 83.6 Å². The maximum atomic E-state index is 11.8. The van der Waals surface area contributed by atoms with Gasteiger partial charge in [0.1, 0.15) is 5.60 Å². The van der Waals surface area contributed by atoms with Crippen molar-refractivity contribution in [3.05, 3.63) is 0 Å². The van der Waals surface area contributed by atoms with Crippen molar-refractivity contribution in [3.63, 3.8) is 0 Å². The van der Waals surface area contributed by atoms with Gasteiger partial charge in [-0.05, 0) is 89.5 Å². The molecule has 0 saturated heterocycles. The zero-order valence-corrected chi connectivity index (χ0v) is 27.9. The summed E-state index contributed by atoms with van der Waals surface area (Å²) in [6.45, 7) is 8.01. The van der Waals surface area contributed by atoms with Crippen LogP contribution >= 0.6 is 42.2 Å². The van der Waals surface area contributed by atoms with E-state index in [0.29, 0.717) is 25.2 Å². The molecule has 10 nitrogen and oxygen atoms in total. The van der Waals surface area contributed by atoms with Crippen molar-refractivity contribution in [2.75, 3.05) is 37.7 Å². The molecule has 2 fully saturated rings. The number of carboxylic acids is 2. The first kappa shape index (κ1) is 39.3. The zero-order chi connectivity index (χ0) is 29.5. The number of thiol groups is 2. The van der Waals surface area contributed by atoms with Crippen molar-refractivity contribution in [1.29, 1.82) is 0 Å². The molecule has 2 rings (SSSR count). The molecule has 0 aromatic carbocycles. The summed E-state index contributed by atoms with van der Waals surface area (Å²) in [4.78, 5) is 33.9. The van der Waals surface area contributed by atoms with Crippen LogP contribution in [0.3, 0.4) is 0 Å². The van der Waals surface area contributed by atoms with Crippen molar-refractivity contribution in [3.8, 4) is 0 Å². The largest absolute Gasteiger partial charge is 0.481 e. The first-order valence-corrected chi connectivity index (χ1v) is 15.3. The highest BCUT2D eigenvalue weighted by Crippen LogP contribution is 2.39. The summed E-state index contributed by atoms with van der Waals surface area (Å²) in [6, 6.07) is 0.922. The number of hydrogen-bond donors (Lipinski definition) is 8. The van der Waals surface area contributed by atoms with E-state index >= 15 is 0 Å². The van der Waals surface area contributed by atoms with Crippen molar-refractivity contribution >= 4 is 60.3 Å². The quantitative estimate of drug-likeness (QED) is 0.136. The normalized spacial score (nSPS) is 26.4. The second-order valence-electron chi connectivity index (χ2n) is 12.1. The highest BCUT2D eigenvalue weighted by atomic mass is 79.9. The SMILES string of the molecule is Br.CC(C)(C)OC(=O)NCC1(CC(=O)O)CCC(NCCS)CC1.NCC1(CC(=O)O)CCC(NCCS)CC1. The molecule has 0 spiro atoms. The average molecular weight is 674 g/mol. The summed E-state index contributed by atoms with van der Waals surface area (Å²) in [6.07, 6.45) is 7.06. The second-order valence-corrected chi connectivity index (χ2v) is 13.0. The molecule has 0 atom stereocenters. The predicted molar refractivity (Wildman–Crippen MR) is 171 cm³/mol. The maximum Gasteiger partial charge on any atom is 0.407 e. The van der Waals surface area contributed by atoms with Crippen LogP contribution in [0.25, 0.3) is 0 Å². The third-order valence-electron chi connectivity index (χ3n) is 7.67. The van der Waals surface area contributed by atoms with Gasteiger partial charge in [0.15, 0.2) is 0 Å². The number of rotatable bonds is 13. The van der Waals surface area contributed by atoms with Gasteiger partial charge in [0.2, 0.25) is 0 Å². The lowest BCUT2D eigenvalue weighted by atomic mass is 9.70. The van der Waals surface area contributed by atoms with Crippen LogP contribution in [0.5, 0.6) is 0 Å². The molecule has 0 heterocycles. The third kappa shape index (κ3) is 16.1. The molecule has 0 unspecified atom stereocenters. The molecule has 2 aliphatic rings. The lowest BCUT2D eigenvalue weighted by Crippen LogP contribution is -2.46. The summed E-state index contributed by atoms with van der Waals surface area (Å²) in [5, 5.41) is 27.7. The molecule has 0 bridgehead atoms. The number of hydrogen-bond acceptors (Lipinski definition) is 9. The first-order valence-electron chi connectivity index (χ1n) is 14.1. The summed E-state index contributed by atoms with van der Waals surface area (Å²) >= 11 is 8.35. The minimum atomic E-state index is -0.822. The van der Waals surface area contributed by atoms with E-state index in [-0.39, 0.29) is 40.7 Å². The predicted octanol–water partition coefficient (Wildman–Crippen LogP) is 3.88. The van der Waals surface area contributed by atoms with E-state index in [0.717, 1.165) is 76.0 Å². The van der Waals surface area contributed by atoms with Gasteiger partial charge in [0.05, 0.1) is 12.8 Å². The fraction of sp³-hybridized carbons (Fsp3) is 0.889. The van der Waals surface area contributed by atoms with E-state index in [1.54, 1.807) is 20.8 Å². The molecule has 2 saturated carbocycles. The van der Waals surface area contributed by atoms with Gasteiger partial charge in [-0.25, -0.2) is 4.79 Å². The molecule has 7 N–H and O–H groups in total. The van der Waals surface area contributed by atoms with Crippen LogP contribution in [0.4, 0.5) is 4.79 Å². The summed E-state index contributed by atoms with van der Waals surface area (Å²) in [5.41, 5.74) is 4.63. The number of alkyl carbamates (subject to hydrolysis) is 1. The van der Waals surface area contributed by atoms with E-state index in [2.05, 4.69) is 41.2 Å². The van der Waals surface area contributed by atoms with Gasteiger partial charge >= 0.3 is 18.0 Å². The Morgan fingerprint density at radius 2 is 1.25 bits per heavy atom. The van der Waals surface area contributed by atoms with Gasteiger partial charge in [-0.1, -0.05) is 0 Å². The summed E-state index contributed by atoms with van der Waals surface area (Å²) < 4.78 is 5.23. The third-order valence-corrected chi connectivity index (χ3v) is 8.12. The number of halogens is 1. The van der Waals surface area contributed by atoms with Crippen LogP contribution in [-0.2, 0) is 14.3 Å². The van der Waals surface area contributed by atoms with E-state index < -0.39 is 23.6 Å². The van der Waals surface area contributed by atoms with Gasteiger partial charge < -0.3 is 36.6 Å². The minimum absolute atomic E-state index is 0. The fourth-order valence-corrected chi connectivity index (χ4v) is 5.75. The van der Waals surface area contributed by atoms with Gasteiger partial charge in [0, 0.05) is 43.2 Å². The molecule has 13 heteroatoms. The summed E-state index contributed by atoms with van der Waals surface area (Å²) in [7, 11) is 0. The number of nitrogens with two attached hydrogens (primary N) is 1. The molecular weight excluding hydrogens is 620 g/mol. The molecular formula is C27H53BrN4O6S2. The van der Waals surface area contributed by atoms with Crippen molar-refractivity contribution in [2.45, 2.75) is 103 Å². The number of nitrogens with one attached hydrogen (secondary N) is 3. The Morgan fingerprint density at radius 3 is 1.60 bits per heavy atom. The zero-order valence-electron chi connectivity index (χ0n) is 24.4. The van der Waals surface area contributed by atoms with E-state index in [9.17, 15) is 19.5 Å². The van der Waals surface area contributed by atoms with Gasteiger partial charge in [-0.15, -0.1) is 17.0 Å². The Balaban J connectivity index is 0.000000788. The molecule has 0 radical (unpaired) electrons. The average Bonchev–Trinajstić information content (AvgIpc) is 2.85. The van der Waals surface area contributed by atoms with Crippen LogP contribution in [0.15, 0.2) is 0 Å². The standard InChI is InChI=1S/C16H30N2O4S.C11H22N2O2S.BrH/c1-15(2,3)22-14(21)18-11-16(10-13(19)20)6-4-12(5-7-16)17-8-9-23;12-8-11(7-10(14)15)3-1-9(2-4-11)13-5-6-16;/h12,17,23H,4-11H2,1-3H3,(H,18,21)(H,19,20);9,13,16H,1-8,12H2,(H,14,15);1H. The lowest BCUT2D eigenvalue weighted by Gasteiger charge is -2.39. The molecule has 0 aliphatic heterocycles. The highest BCUT2D eigenvalue weighted by molar-refractivity contribution is 8.93. The molecule has 0 aromatic heterocycles. The topological polar surface area (TPSA) is 163 Å². The van der Waals surface area contributed by atoms with Crippen molar-refractivity contribution < 1.29 is 29.3 Å². The number of carbonyl (C=O) groups excluding carboxylic acids is 1. The van der Waals surface area contributed by atoms with Crippen LogP contribution in [0.2, 0.25) is 0 Å². The second kappa shape index (κ2) is 19.5. The number of ether oxygens (including phenoxy) is 1. The molecule has 40 heavy (non-hydrogen) atoms. The maximum absolute atomic E-state index is 11.8. The van der Waals surface area contributed by atoms with E-state index in [1.807, 2.05) is 0 Å². The fourth-order valence-electron chi connectivity index (χ4n) is 5.49. The molecule has 0 aromatic rings.